The molecule has 0 aromatic heterocycles. The maximum atomic E-state index is 12.8. The van der Waals surface area contributed by atoms with Gasteiger partial charge in [-0.2, -0.15) is 0 Å². The zero-order valence-electron chi connectivity index (χ0n) is 13.4. The van der Waals surface area contributed by atoms with Crippen molar-refractivity contribution >= 4 is 23.0 Å². The molecular weight excluding hydrogens is 321 g/mol. The number of amides is 1. The Labute approximate surface area is 144 Å². The number of carbonyl (C=O) groups is 2. The van der Waals surface area contributed by atoms with E-state index in [1.807, 2.05) is 30.3 Å². The smallest absolute Gasteiger partial charge is 0.258 e. The van der Waals surface area contributed by atoms with E-state index in [1.165, 1.54) is 12.1 Å². The molecule has 0 aliphatic heterocycles. The van der Waals surface area contributed by atoms with Gasteiger partial charge in [-0.05, 0) is 34.5 Å². The Bertz CT molecular complexity index is 906. The Kier molecular flexibility index (Phi) is 5.04. The molecule has 0 atom stereocenters. The summed E-state index contributed by atoms with van der Waals surface area (Å²) in [6.45, 7) is 0.0705. The Morgan fingerprint density at radius 2 is 1.80 bits per heavy atom. The molecule has 0 aliphatic rings. The van der Waals surface area contributed by atoms with Gasteiger partial charge in [0.15, 0.2) is 12.9 Å². The molecule has 1 amide bonds. The normalized spacial score (nSPS) is 10.4. The van der Waals surface area contributed by atoms with Gasteiger partial charge in [0.25, 0.3) is 5.91 Å². The van der Waals surface area contributed by atoms with E-state index in [-0.39, 0.29) is 24.9 Å². The number of hydrogen-bond donors (Lipinski definition) is 1. The third kappa shape index (κ3) is 4.01. The van der Waals surface area contributed by atoms with Crippen molar-refractivity contribution in [3.63, 3.8) is 0 Å². The predicted molar refractivity (Wildman–Crippen MR) is 93.1 cm³/mol. The minimum absolute atomic E-state index is 0.208. The van der Waals surface area contributed by atoms with Crippen LogP contribution in [-0.4, -0.2) is 18.8 Å². The molecule has 126 valence electrons. The van der Waals surface area contributed by atoms with Crippen molar-refractivity contribution in [1.82, 2.24) is 5.32 Å². The molecule has 0 spiro atoms. The topological polar surface area (TPSA) is 55.4 Å². The average molecular weight is 337 g/mol. The van der Waals surface area contributed by atoms with Crippen LogP contribution in [0.3, 0.4) is 0 Å². The van der Waals surface area contributed by atoms with Crippen LogP contribution in [0.1, 0.15) is 15.9 Å². The highest BCUT2D eigenvalue weighted by Crippen LogP contribution is 2.26. The highest BCUT2D eigenvalue weighted by Gasteiger charge is 2.10. The molecule has 0 heterocycles. The van der Waals surface area contributed by atoms with Gasteiger partial charge in [-0.3, -0.25) is 9.59 Å². The van der Waals surface area contributed by atoms with E-state index in [2.05, 4.69) is 5.32 Å². The Hall–Kier alpha value is -3.21. The molecule has 3 aromatic rings. The van der Waals surface area contributed by atoms with Crippen LogP contribution in [0.2, 0.25) is 0 Å². The molecule has 1 N–H and O–H groups in total. The second-order valence-electron chi connectivity index (χ2n) is 5.51. The maximum absolute atomic E-state index is 12.8. The molecular formula is C20H16FNO3. The molecule has 0 radical (unpaired) electrons. The van der Waals surface area contributed by atoms with Crippen LogP contribution >= 0.6 is 0 Å². The standard InChI is InChI=1S/C20H16FNO3/c21-16-8-5-14(6-9-16)11-22-20(24)13-25-19-10-7-15-3-1-2-4-17(15)18(19)12-23/h1-10,12H,11,13H2,(H,22,24). The number of nitrogens with one attached hydrogen (secondary N) is 1. The van der Waals surface area contributed by atoms with Crippen molar-refractivity contribution in [2.75, 3.05) is 6.61 Å². The van der Waals surface area contributed by atoms with E-state index in [4.69, 9.17) is 4.74 Å². The van der Waals surface area contributed by atoms with E-state index in [0.717, 1.165) is 22.6 Å². The van der Waals surface area contributed by atoms with Crippen LogP contribution in [0.15, 0.2) is 60.7 Å². The summed E-state index contributed by atoms with van der Waals surface area (Å²) in [5.41, 5.74) is 1.21. The summed E-state index contributed by atoms with van der Waals surface area (Å²) in [4.78, 5) is 23.3. The molecule has 0 unspecified atom stereocenters. The zero-order valence-corrected chi connectivity index (χ0v) is 13.4. The average Bonchev–Trinajstić information content (AvgIpc) is 2.65. The number of aldehydes is 1. The zero-order chi connectivity index (χ0) is 17.6. The molecule has 3 rings (SSSR count). The molecule has 0 aliphatic carbocycles. The van der Waals surface area contributed by atoms with E-state index in [9.17, 15) is 14.0 Å². The third-order valence-electron chi connectivity index (χ3n) is 3.81. The molecule has 0 saturated heterocycles. The number of ether oxygens (including phenoxy) is 1. The molecule has 0 fully saturated rings. The lowest BCUT2D eigenvalue weighted by molar-refractivity contribution is -0.123. The van der Waals surface area contributed by atoms with Crippen molar-refractivity contribution in [3.8, 4) is 5.75 Å². The second-order valence-corrected chi connectivity index (χ2v) is 5.51. The fraction of sp³-hybridized carbons (Fsp3) is 0.100. The van der Waals surface area contributed by atoms with E-state index in [1.54, 1.807) is 18.2 Å². The first-order valence-corrected chi connectivity index (χ1v) is 7.78. The number of hydrogen-bond acceptors (Lipinski definition) is 3. The monoisotopic (exact) mass is 337 g/mol. The van der Waals surface area contributed by atoms with E-state index < -0.39 is 0 Å². The minimum atomic E-state index is -0.325. The Balaban J connectivity index is 1.63. The first kappa shape index (κ1) is 16.6. The summed E-state index contributed by atoms with van der Waals surface area (Å²) in [5.74, 6) is -0.281. The molecule has 5 heteroatoms. The third-order valence-corrected chi connectivity index (χ3v) is 3.81. The number of halogens is 1. The van der Waals surface area contributed by atoms with Crippen LogP contribution in [0.5, 0.6) is 5.75 Å². The van der Waals surface area contributed by atoms with E-state index in [0.29, 0.717) is 11.3 Å². The molecule has 25 heavy (non-hydrogen) atoms. The van der Waals surface area contributed by atoms with Crippen molar-refractivity contribution in [2.45, 2.75) is 6.54 Å². The van der Waals surface area contributed by atoms with Crippen molar-refractivity contribution in [1.29, 1.82) is 0 Å². The lowest BCUT2D eigenvalue weighted by atomic mass is 10.0. The van der Waals surface area contributed by atoms with Crippen molar-refractivity contribution in [2.24, 2.45) is 0 Å². The van der Waals surface area contributed by atoms with Gasteiger partial charge < -0.3 is 10.1 Å². The number of benzene rings is 3. The van der Waals surface area contributed by atoms with E-state index >= 15 is 0 Å². The summed E-state index contributed by atoms with van der Waals surface area (Å²) in [6.07, 6.45) is 0.730. The van der Waals surface area contributed by atoms with Gasteiger partial charge in [-0.15, -0.1) is 0 Å². The molecule has 4 nitrogen and oxygen atoms in total. The number of carbonyl (C=O) groups excluding carboxylic acids is 2. The van der Waals surface area contributed by atoms with Gasteiger partial charge in [-0.1, -0.05) is 42.5 Å². The largest absolute Gasteiger partial charge is 0.483 e. The van der Waals surface area contributed by atoms with Gasteiger partial charge in [-0.25, -0.2) is 4.39 Å². The SMILES string of the molecule is O=Cc1c(OCC(=O)NCc2ccc(F)cc2)ccc2ccccc12. The van der Waals surface area contributed by atoms with Crippen LogP contribution in [0.4, 0.5) is 4.39 Å². The number of rotatable bonds is 6. The van der Waals surface area contributed by atoms with Gasteiger partial charge in [0, 0.05) is 6.54 Å². The minimum Gasteiger partial charge on any atom is -0.483 e. The van der Waals surface area contributed by atoms with Gasteiger partial charge in [0.05, 0.1) is 5.56 Å². The van der Waals surface area contributed by atoms with Gasteiger partial charge in [0.2, 0.25) is 0 Å². The van der Waals surface area contributed by atoms with Crippen LogP contribution < -0.4 is 10.1 Å². The first-order chi connectivity index (χ1) is 12.2. The van der Waals surface area contributed by atoms with Crippen molar-refractivity contribution < 1.29 is 18.7 Å². The van der Waals surface area contributed by atoms with Gasteiger partial charge >= 0.3 is 0 Å². The molecule has 3 aromatic carbocycles. The highest BCUT2D eigenvalue weighted by atomic mass is 19.1. The van der Waals surface area contributed by atoms with Crippen LogP contribution in [-0.2, 0) is 11.3 Å². The number of fused-ring (bicyclic) bond motifs is 1. The molecule has 0 bridgehead atoms. The summed E-state index contributed by atoms with van der Waals surface area (Å²) in [6, 6.07) is 16.9. The fourth-order valence-electron chi connectivity index (χ4n) is 2.52. The Morgan fingerprint density at radius 3 is 2.56 bits per heavy atom. The Morgan fingerprint density at radius 1 is 1.04 bits per heavy atom. The summed E-state index contributed by atoms with van der Waals surface area (Å²) in [7, 11) is 0. The summed E-state index contributed by atoms with van der Waals surface area (Å²) >= 11 is 0. The first-order valence-electron chi connectivity index (χ1n) is 7.78. The van der Waals surface area contributed by atoms with Crippen LogP contribution in [0, 0.1) is 5.82 Å². The summed E-state index contributed by atoms with van der Waals surface area (Å²) < 4.78 is 18.3. The predicted octanol–water partition coefficient (Wildman–Crippen LogP) is 3.49. The second kappa shape index (κ2) is 7.57. The fourth-order valence-corrected chi connectivity index (χ4v) is 2.52. The highest BCUT2D eigenvalue weighted by molar-refractivity contribution is 6.00. The summed E-state index contributed by atoms with van der Waals surface area (Å²) in [5, 5.41) is 4.40. The van der Waals surface area contributed by atoms with Crippen molar-refractivity contribution in [3.05, 3.63) is 77.6 Å². The quantitative estimate of drug-likeness (QED) is 0.701. The molecule has 0 saturated carbocycles. The lowest BCUT2D eigenvalue weighted by Gasteiger charge is -2.11. The van der Waals surface area contributed by atoms with Crippen LogP contribution in [0.25, 0.3) is 10.8 Å². The maximum Gasteiger partial charge on any atom is 0.258 e. The van der Waals surface area contributed by atoms with Gasteiger partial charge in [0.1, 0.15) is 11.6 Å². The lowest BCUT2D eigenvalue weighted by Crippen LogP contribution is -2.28.